The molecule has 0 unspecified atom stereocenters. The normalized spacial score (nSPS) is 15.3. The summed E-state index contributed by atoms with van der Waals surface area (Å²) in [6, 6.07) is 4.36. The van der Waals surface area contributed by atoms with Crippen molar-refractivity contribution < 1.29 is 19.3 Å². The minimum Gasteiger partial charge on any atom is -0.488 e. The number of halogens is 1. The van der Waals surface area contributed by atoms with Crippen LogP contribution in [0.5, 0.6) is 5.75 Å². The lowest BCUT2D eigenvalue weighted by Gasteiger charge is -2.18. The van der Waals surface area contributed by atoms with Crippen LogP contribution in [0.4, 0.5) is 4.39 Å². The zero-order valence-electron chi connectivity index (χ0n) is 17.7. The van der Waals surface area contributed by atoms with Crippen molar-refractivity contribution in [3.8, 4) is 11.4 Å². The largest absolute Gasteiger partial charge is 0.488 e. The first-order valence-corrected chi connectivity index (χ1v) is 10.4. The zero-order chi connectivity index (χ0) is 22.5. The van der Waals surface area contributed by atoms with Gasteiger partial charge in [0, 0.05) is 12.0 Å². The molecule has 1 saturated carbocycles. The van der Waals surface area contributed by atoms with Gasteiger partial charge in [0.1, 0.15) is 18.4 Å². The third-order valence-corrected chi connectivity index (χ3v) is 5.30. The number of benzene rings is 1. The van der Waals surface area contributed by atoms with Crippen molar-refractivity contribution in [1.29, 1.82) is 0 Å². The van der Waals surface area contributed by atoms with Gasteiger partial charge in [0.2, 0.25) is 0 Å². The molecular weight excluding hydrogens is 415 g/mol. The molecule has 32 heavy (non-hydrogen) atoms. The van der Waals surface area contributed by atoms with Gasteiger partial charge >= 0.3 is 0 Å². The van der Waals surface area contributed by atoms with E-state index in [-0.39, 0.29) is 12.4 Å². The van der Waals surface area contributed by atoms with Gasteiger partial charge in [-0.15, -0.1) is 5.10 Å². The predicted octanol–water partition coefficient (Wildman–Crippen LogP) is 2.56. The molecule has 3 heterocycles. The smallest absolute Gasteiger partial charge is 0.167 e. The summed E-state index contributed by atoms with van der Waals surface area (Å²) in [6.45, 7) is 3.12. The molecular formula is C22H23FN6O3. The summed E-state index contributed by atoms with van der Waals surface area (Å²) in [5.41, 5.74) is 1.89. The van der Waals surface area contributed by atoms with Crippen LogP contribution in [0, 0.1) is 5.82 Å². The van der Waals surface area contributed by atoms with Gasteiger partial charge in [0.25, 0.3) is 0 Å². The maximum absolute atomic E-state index is 14.5. The van der Waals surface area contributed by atoms with Crippen LogP contribution >= 0.6 is 0 Å². The molecule has 4 aromatic rings. The van der Waals surface area contributed by atoms with Gasteiger partial charge in [-0.05, 0) is 38.8 Å². The average Bonchev–Trinajstić information content (AvgIpc) is 3.28. The van der Waals surface area contributed by atoms with Crippen LogP contribution in [0.1, 0.15) is 55.8 Å². The molecule has 0 spiro atoms. The van der Waals surface area contributed by atoms with Gasteiger partial charge < -0.3 is 14.9 Å². The van der Waals surface area contributed by atoms with E-state index in [0.717, 1.165) is 24.1 Å². The van der Waals surface area contributed by atoms with Crippen LogP contribution < -0.4 is 4.74 Å². The summed E-state index contributed by atoms with van der Waals surface area (Å²) < 4.78 is 23.0. The third-order valence-electron chi connectivity index (χ3n) is 5.30. The summed E-state index contributed by atoms with van der Waals surface area (Å²) >= 11 is 0. The molecule has 10 heteroatoms. The van der Waals surface area contributed by atoms with Gasteiger partial charge in [-0.3, -0.25) is 9.38 Å². The number of aliphatic hydroxyl groups is 2. The molecule has 9 nitrogen and oxygen atoms in total. The highest BCUT2D eigenvalue weighted by Gasteiger charge is 2.32. The SMILES string of the molecule is CC(C)(O)COc1ccc(-n2cc([C@H](O)c3c(C4CC4)ncc4cncn34)nn2)cc1F. The molecule has 0 saturated heterocycles. The molecule has 0 bridgehead atoms. The van der Waals surface area contributed by atoms with Crippen molar-refractivity contribution in [3.63, 3.8) is 0 Å². The van der Waals surface area contributed by atoms with E-state index in [4.69, 9.17) is 4.74 Å². The fraction of sp³-hybridized carbons (Fsp3) is 0.364. The first kappa shape index (κ1) is 20.5. The predicted molar refractivity (Wildman–Crippen MR) is 112 cm³/mol. The fourth-order valence-corrected chi connectivity index (χ4v) is 3.54. The Hall–Kier alpha value is -3.37. The van der Waals surface area contributed by atoms with Crippen molar-refractivity contribution in [1.82, 2.24) is 29.4 Å². The minimum absolute atomic E-state index is 0.0307. The topological polar surface area (TPSA) is 111 Å². The Bertz CT molecular complexity index is 1270. The molecule has 0 radical (unpaired) electrons. The van der Waals surface area contributed by atoms with Gasteiger partial charge in [-0.25, -0.2) is 14.1 Å². The highest BCUT2D eigenvalue weighted by atomic mass is 19.1. The van der Waals surface area contributed by atoms with Gasteiger partial charge in [-0.1, -0.05) is 5.21 Å². The molecule has 3 aromatic heterocycles. The number of nitrogens with zero attached hydrogens (tertiary/aromatic N) is 6. The van der Waals surface area contributed by atoms with E-state index in [9.17, 15) is 14.6 Å². The molecule has 5 rings (SSSR count). The van der Waals surface area contributed by atoms with Gasteiger partial charge in [0.15, 0.2) is 11.6 Å². The summed E-state index contributed by atoms with van der Waals surface area (Å²) in [7, 11) is 0. The summed E-state index contributed by atoms with van der Waals surface area (Å²) in [5, 5.41) is 29.1. The molecule has 0 aliphatic heterocycles. The molecule has 2 N–H and O–H groups in total. The number of aromatic nitrogens is 6. The van der Waals surface area contributed by atoms with Crippen LogP contribution in [0.3, 0.4) is 0 Å². The van der Waals surface area contributed by atoms with E-state index >= 15 is 0 Å². The van der Waals surface area contributed by atoms with Gasteiger partial charge in [-0.2, -0.15) is 0 Å². The van der Waals surface area contributed by atoms with E-state index in [2.05, 4.69) is 20.3 Å². The number of rotatable bonds is 7. The Morgan fingerprint density at radius 1 is 1.28 bits per heavy atom. The lowest BCUT2D eigenvalue weighted by molar-refractivity contribution is 0.0272. The van der Waals surface area contributed by atoms with Crippen molar-refractivity contribution in [3.05, 3.63) is 66.0 Å². The van der Waals surface area contributed by atoms with Gasteiger partial charge in [0.05, 0.1) is 53.1 Å². The number of imidazole rings is 1. The van der Waals surface area contributed by atoms with E-state index in [1.165, 1.54) is 16.8 Å². The number of hydrogen-bond acceptors (Lipinski definition) is 7. The molecule has 1 fully saturated rings. The lowest BCUT2D eigenvalue weighted by atomic mass is 10.1. The fourth-order valence-electron chi connectivity index (χ4n) is 3.54. The zero-order valence-corrected chi connectivity index (χ0v) is 17.7. The second-order valence-electron chi connectivity index (χ2n) is 8.70. The van der Waals surface area contributed by atoms with E-state index in [1.54, 1.807) is 44.8 Å². The van der Waals surface area contributed by atoms with Crippen molar-refractivity contribution in [2.24, 2.45) is 0 Å². The molecule has 1 atom stereocenters. The molecule has 1 aromatic carbocycles. The van der Waals surface area contributed by atoms with Crippen molar-refractivity contribution >= 4 is 5.52 Å². The third kappa shape index (κ3) is 3.94. The Balaban J connectivity index is 1.43. The number of ether oxygens (including phenoxy) is 1. The first-order chi connectivity index (χ1) is 15.3. The number of hydrogen-bond donors (Lipinski definition) is 2. The Morgan fingerprint density at radius 3 is 2.81 bits per heavy atom. The summed E-state index contributed by atoms with van der Waals surface area (Å²) in [5.74, 6) is -0.247. The Morgan fingerprint density at radius 2 is 2.09 bits per heavy atom. The maximum Gasteiger partial charge on any atom is 0.167 e. The number of fused-ring (bicyclic) bond motifs is 1. The van der Waals surface area contributed by atoms with Crippen LogP contribution in [0.25, 0.3) is 11.2 Å². The summed E-state index contributed by atoms with van der Waals surface area (Å²) in [4.78, 5) is 8.71. The quantitative estimate of drug-likeness (QED) is 0.456. The Labute approximate surface area is 183 Å². The van der Waals surface area contributed by atoms with Crippen LogP contribution in [0.15, 0.2) is 43.1 Å². The second kappa shape index (κ2) is 7.64. The molecule has 166 valence electrons. The van der Waals surface area contributed by atoms with E-state index in [1.807, 2.05) is 4.40 Å². The first-order valence-electron chi connectivity index (χ1n) is 10.4. The standard InChI is InChI=1S/C22H23FN6O3/c1-22(2,31)11-32-18-6-5-14(7-16(18)23)29-10-17(26-27-29)21(30)20-19(13-3-4-13)25-9-15-8-24-12-28(15)20/h5-10,12-13,21,30-31H,3-4,11H2,1-2H3/t21-/m0/s1. The number of aliphatic hydroxyl groups excluding tert-OH is 1. The second-order valence-corrected chi connectivity index (χ2v) is 8.70. The van der Waals surface area contributed by atoms with Crippen molar-refractivity contribution in [2.45, 2.75) is 44.3 Å². The molecule has 1 aliphatic rings. The highest BCUT2D eigenvalue weighted by molar-refractivity contribution is 5.47. The maximum atomic E-state index is 14.5. The minimum atomic E-state index is -1.08. The van der Waals surface area contributed by atoms with E-state index in [0.29, 0.717) is 23.0 Å². The molecule has 0 amide bonds. The van der Waals surface area contributed by atoms with Crippen LogP contribution in [-0.2, 0) is 0 Å². The van der Waals surface area contributed by atoms with Crippen LogP contribution in [0.2, 0.25) is 0 Å². The van der Waals surface area contributed by atoms with Crippen LogP contribution in [-0.4, -0.2) is 51.8 Å². The summed E-state index contributed by atoms with van der Waals surface area (Å²) in [6.07, 6.45) is 7.63. The monoisotopic (exact) mass is 438 g/mol. The highest BCUT2D eigenvalue weighted by Crippen LogP contribution is 2.42. The Kier molecular flexibility index (Phi) is 4.90. The van der Waals surface area contributed by atoms with E-state index < -0.39 is 17.5 Å². The van der Waals surface area contributed by atoms with Crippen molar-refractivity contribution in [2.75, 3.05) is 6.61 Å². The molecule has 1 aliphatic carbocycles. The lowest BCUT2D eigenvalue weighted by Crippen LogP contribution is -2.28. The average molecular weight is 438 g/mol.